The highest BCUT2D eigenvalue weighted by Crippen LogP contribution is 2.24. The second kappa shape index (κ2) is 6.64. The lowest BCUT2D eigenvalue weighted by Crippen LogP contribution is -2.14. The molecule has 120 valence electrons. The second-order valence-corrected chi connectivity index (χ2v) is 5.80. The molecule has 0 unspecified atom stereocenters. The third-order valence-corrected chi connectivity index (χ3v) is 3.91. The molecule has 0 atom stereocenters. The predicted molar refractivity (Wildman–Crippen MR) is 91.2 cm³/mol. The molecule has 0 saturated heterocycles. The van der Waals surface area contributed by atoms with Crippen molar-refractivity contribution in [1.29, 1.82) is 0 Å². The normalized spacial score (nSPS) is 13.3. The van der Waals surface area contributed by atoms with E-state index >= 15 is 0 Å². The average molecular weight is 311 g/mol. The molecular formula is C17H21N5O. The van der Waals surface area contributed by atoms with E-state index in [4.69, 9.17) is 5.73 Å². The first-order valence-electron chi connectivity index (χ1n) is 7.87. The Bertz CT molecular complexity index is 729. The average Bonchev–Trinajstić information content (AvgIpc) is 2.53. The second-order valence-electron chi connectivity index (χ2n) is 5.80. The quantitative estimate of drug-likeness (QED) is 0.806. The Morgan fingerprint density at radius 2 is 2.09 bits per heavy atom. The number of aryl methyl sites for hydroxylation is 1. The van der Waals surface area contributed by atoms with Crippen LogP contribution in [0.1, 0.15) is 36.6 Å². The molecular weight excluding hydrogens is 290 g/mol. The van der Waals surface area contributed by atoms with Crippen LogP contribution in [-0.2, 0) is 24.2 Å². The molecule has 23 heavy (non-hydrogen) atoms. The summed E-state index contributed by atoms with van der Waals surface area (Å²) in [5, 5.41) is 5.99. The molecule has 1 aromatic heterocycles. The van der Waals surface area contributed by atoms with Crippen LogP contribution in [0, 0.1) is 0 Å². The highest BCUT2D eigenvalue weighted by molar-refractivity contribution is 5.88. The molecule has 1 aliphatic carbocycles. The summed E-state index contributed by atoms with van der Waals surface area (Å²) in [6.07, 6.45) is 4.25. The molecule has 2 aromatic rings. The van der Waals surface area contributed by atoms with Gasteiger partial charge in [-0.25, -0.2) is 4.98 Å². The van der Waals surface area contributed by atoms with Gasteiger partial charge in [0.1, 0.15) is 5.82 Å². The standard InChI is InChI=1S/C17H21N5O/c1-11(23)20-13-6-4-5-12(9-13)10-19-17-21-15-8-3-2-7-14(15)16(18)22-17/h4-6,9H,2-3,7-8,10H2,1H3,(H,20,23)(H3,18,19,21,22). The topological polar surface area (TPSA) is 92.9 Å². The van der Waals surface area contributed by atoms with E-state index in [9.17, 15) is 4.79 Å². The first-order chi connectivity index (χ1) is 11.1. The summed E-state index contributed by atoms with van der Waals surface area (Å²) in [6, 6.07) is 7.68. The summed E-state index contributed by atoms with van der Waals surface area (Å²) in [7, 11) is 0. The van der Waals surface area contributed by atoms with Crippen molar-refractivity contribution >= 4 is 23.4 Å². The van der Waals surface area contributed by atoms with Gasteiger partial charge >= 0.3 is 0 Å². The number of nitrogens with one attached hydrogen (secondary N) is 2. The fourth-order valence-corrected chi connectivity index (χ4v) is 2.85. The number of hydrogen-bond acceptors (Lipinski definition) is 5. The van der Waals surface area contributed by atoms with Gasteiger partial charge in [0.05, 0.1) is 5.69 Å². The molecule has 0 fully saturated rings. The van der Waals surface area contributed by atoms with Gasteiger partial charge in [-0.15, -0.1) is 0 Å². The third-order valence-electron chi connectivity index (χ3n) is 3.91. The fourth-order valence-electron chi connectivity index (χ4n) is 2.85. The number of nitrogen functional groups attached to an aromatic ring is 1. The van der Waals surface area contributed by atoms with Crippen molar-refractivity contribution in [2.75, 3.05) is 16.4 Å². The summed E-state index contributed by atoms with van der Waals surface area (Å²) in [5.74, 6) is 1.07. The number of hydrogen-bond donors (Lipinski definition) is 3. The number of carbonyl (C=O) groups excluding carboxylic acids is 1. The Hall–Kier alpha value is -2.63. The van der Waals surface area contributed by atoms with Gasteiger partial charge in [-0.3, -0.25) is 4.79 Å². The molecule has 0 bridgehead atoms. The summed E-state index contributed by atoms with van der Waals surface area (Å²) in [5.41, 5.74) is 10.0. The molecule has 4 N–H and O–H groups in total. The Balaban J connectivity index is 1.71. The number of benzene rings is 1. The lowest BCUT2D eigenvalue weighted by molar-refractivity contribution is -0.114. The van der Waals surface area contributed by atoms with Crippen LogP contribution in [-0.4, -0.2) is 15.9 Å². The van der Waals surface area contributed by atoms with Crippen molar-refractivity contribution in [3.8, 4) is 0 Å². The number of amides is 1. The molecule has 0 saturated carbocycles. The number of aromatic nitrogens is 2. The number of nitrogens with zero attached hydrogens (tertiary/aromatic N) is 2. The van der Waals surface area contributed by atoms with Crippen molar-refractivity contribution < 1.29 is 4.79 Å². The summed E-state index contributed by atoms with van der Waals surface area (Å²) >= 11 is 0. The lowest BCUT2D eigenvalue weighted by atomic mass is 9.97. The number of rotatable bonds is 4. The van der Waals surface area contributed by atoms with Gasteiger partial charge in [0.25, 0.3) is 0 Å². The zero-order chi connectivity index (χ0) is 16.2. The molecule has 0 radical (unpaired) electrons. The largest absolute Gasteiger partial charge is 0.383 e. The minimum absolute atomic E-state index is 0.0825. The van der Waals surface area contributed by atoms with E-state index < -0.39 is 0 Å². The monoisotopic (exact) mass is 311 g/mol. The molecule has 6 heteroatoms. The van der Waals surface area contributed by atoms with Gasteiger partial charge in [0, 0.05) is 24.7 Å². The van der Waals surface area contributed by atoms with Crippen molar-refractivity contribution in [2.24, 2.45) is 0 Å². The van der Waals surface area contributed by atoms with Crippen molar-refractivity contribution in [3.05, 3.63) is 41.1 Å². The summed E-state index contributed by atoms with van der Waals surface area (Å²) in [4.78, 5) is 20.1. The molecule has 0 aliphatic heterocycles. The minimum Gasteiger partial charge on any atom is -0.383 e. The van der Waals surface area contributed by atoms with E-state index in [1.807, 2.05) is 24.3 Å². The molecule has 3 rings (SSSR count). The van der Waals surface area contributed by atoms with Gasteiger partial charge in [-0.05, 0) is 43.4 Å². The molecule has 0 spiro atoms. The summed E-state index contributed by atoms with van der Waals surface area (Å²) in [6.45, 7) is 2.07. The maximum atomic E-state index is 11.1. The summed E-state index contributed by atoms with van der Waals surface area (Å²) < 4.78 is 0. The lowest BCUT2D eigenvalue weighted by Gasteiger charge is -2.17. The van der Waals surface area contributed by atoms with E-state index in [0.29, 0.717) is 18.3 Å². The van der Waals surface area contributed by atoms with Gasteiger partial charge in [-0.1, -0.05) is 12.1 Å². The number of carbonyl (C=O) groups is 1. The maximum absolute atomic E-state index is 11.1. The van der Waals surface area contributed by atoms with E-state index in [1.54, 1.807) is 0 Å². The third kappa shape index (κ3) is 3.77. The number of fused-ring (bicyclic) bond motifs is 1. The molecule has 1 heterocycles. The van der Waals surface area contributed by atoms with Gasteiger partial charge in [-0.2, -0.15) is 4.98 Å². The molecule has 1 aliphatic rings. The highest BCUT2D eigenvalue weighted by atomic mass is 16.1. The molecule has 1 amide bonds. The smallest absolute Gasteiger partial charge is 0.225 e. The van der Waals surface area contributed by atoms with Crippen molar-refractivity contribution in [2.45, 2.75) is 39.2 Å². The van der Waals surface area contributed by atoms with Crippen LogP contribution in [0.15, 0.2) is 24.3 Å². The van der Waals surface area contributed by atoms with E-state index in [1.165, 1.54) is 6.92 Å². The Labute approximate surface area is 135 Å². The zero-order valence-corrected chi connectivity index (χ0v) is 13.2. The maximum Gasteiger partial charge on any atom is 0.225 e. The predicted octanol–water partition coefficient (Wildman–Crippen LogP) is 2.51. The van der Waals surface area contributed by atoms with E-state index in [-0.39, 0.29) is 5.91 Å². The highest BCUT2D eigenvalue weighted by Gasteiger charge is 2.15. The Morgan fingerprint density at radius 3 is 2.91 bits per heavy atom. The van der Waals surface area contributed by atoms with Gasteiger partial charge < -0.3 is 16.4 Å². The molecule has 6 nitrogen and oxygen atoms in total. The van der Waals surface area contributed by atoms with Crippen molar-refractivity contribution in [1.82, 2.24) is 9.97 Å². The Kier molecular flexibility index (Phi) is 4.41. The van der Waals surface area contributed by atoms with Crippen LogP contribution in [0.3, 0.4) is 0 Å². The zero-order valence-electron chi connectivity index (χ0n) is 13.2. The van der Waals surface area contributed by atoms with E-state index in [0.717, 1.165) is 48.2 Å². The SMILES string of the molecule is CC(=O)Nc1cccc(CNc2nc(N)c3c(n2)CCCC3)c1. The van der Waals surface area contributed by atoms with Crippen LogP contribution in [0.5, 0.6) is 0 Å². The van der Waals surface area contributed by atoms with Crippen LogP contribution >= 0.6 is 0 Å². The minimum atomic E-state index is -0.0825. The first-order valence-corrected chi connectivity index (χ1v) is 7.87. The molecule has 1 aromatic carbocycles. The van der Waals surface area contributed by atoms with Crippen molar-refractivity contribution in [3.63, 3.8) is 0 Å². The number of nitrogens with two attached hydrogens (primary N) is 1. The van der Waals surface area contributed by atoms with Gasteiger partial charge in [0.15, 0.2) is 0 Å². The first kappa shape index (κ1) is 15.3. The van der Waals surface area contributed by atoms with Crippen LogP contribution < -0.4 is 16.4 Å². The van der Waals surface area contributed by atoms with Crippen LogP contribution in [0.25, 0.3) is 0 Å². The van der Waals surface area contributed by atoms with Gasteiger partial charge in [0.2, 0.25) is 11.9 Å². The van der Waals surface area contributed by atoms with Crippen LogP contribution in [0.4, 0.5) is 17.5 Å². The van der Waals surface area contributed by atoms with E-state index in [2.05, 4.69) is 20.6 Å². The van der Waals surface area contributed by atoms with Crippen LogP contribution in [0.2, 0.25) is 0 Å². The Morgan fingerprint density at radius 1 is 1.26 bits per heavy atom. The number of anilines is 3. The fraction of sp³-hybridized carbons (Fsp3) is 0.353.